The van der Waals surface area contributed by atoms with Gasteiger partial charge in [-0.3, -0.25) is 0 Å². The number of hydrogen-bond acceptors (Lipinski definition) is 8. The Kier molecular flexibility index (Phi) is 10.9. The van der Waals surface area contributed by atoms with Gasteiger partial charge in [0.05, 0.1) is 44.0 Å². The molecule has 2 rings (SSSR count). The molecule has 0 amide bonds. The Bertz CT molecular complexity index is 873. The molecule has 0 saturated carbocycles. The Morgan fingerprint density at radius 3 is 1.74 bits per heavy atom. The summed E-state index contributed by atoms with van der Waals surface area (Å²) in [6.45, 7) is 6.96. The number of aliphatic hydroxyl groups is 1. The van der Waals surface area contributed by atoms with Crippen molar-refractivity contribution in [3.05, 3.63) is 71.0 Å². The largest absolute Gasteiger partial charge is 0.508 e. The zero-order valence-electron chi connectivity index (χ0n) is 20.0. The second-order valence-electron chi connectivity index (χ2n) is 7.98. The Hall–Kier alpha value is -3.07. The molecule has 0 atom stereocenters. The first kappa shape index (κ1) is 27.2. The molecular formula is C26H34O8. The van der Waals surface area contributed by atoms with Gasteiger partial charge in [-0.1, -0.05) is 24.3 Å². The predicted octanol–water partition coefficient (Wildman–Crippen LogP) is 3.28. The number of benzene rings is 2. The Balaban J connectivity index is 1.99. The normalized spacial score (nSPS) is 12.2. The Labute approximate surface area is 200 Å². The van der Waals surface area contributed by atoms with E-state index >= 15 is 0 Å². The van der Waals surface area contributed by atoms with Crippen LogP contribution >= 0.6 is 0 Å². The van der Waals surface area contributed by atoms with Gasteiger partial charge in [0.1, 0.15) is 30.5 Å². The van der Waals surface area contributed by atoms with Crippen LogP contribution in [0.5, 0.6) is 11.5 Å². The number of carbonyl (C=O) groups excluding carboxylic acids is 1. The van der Waals surface area contributed by atoms with Gasteiger partial charge in [0.15, 0.2) is 0 Å². The fourth-order valence-corrected chi connectivity index (χ4v) is 3.20. The fraction of sp³-hybridized carbons (Fsp3) is 0.423. The van der Waals surface area contributed by atoms with Gasteiger partial charge in [0.2, 0.25) is 0 Å². The van der Waals surface area contributed by atoms with Crippen LogP contribution in [0, 0.1) is 0 Å². The monoisotopic (exact) mass is 474 g/mol. The third-order valence-corrected chi connectivity index (χ3v) is 5.49. The number of carbonyl (C=O) groups is 1. The lowest BCUT2D eigenvalue weighted by Crippen LogP contribution is -2.31. The lowest BCUT2D eigenvalue weighted by Gasteiger charge is -2.30. The molecule has 0 unspecified atom stereocenters. The minimum absolute atomic E-state index is 0.0223. The first-order valence-corrected chi connectivity index (χ1v) is 11.1. The first-order chi connectivity index (χ1) is 16.3. The van der Waals surface area contributed by atoms with E-state index in [0.29, 0.717) is 31.2 Å². The number of phenolic OH excluding ortho intramolecular Hbond substituents is 2. The van der Waals surface area contributed by atoms with Crippen molar-refractivity contribution in [2.45, 2.75) is 26.2 Å². The highest BCUT2D eigenvalue weighted by Crippen LogP contribution is 2.34. The van der Waals surface area contributed by atoms with Gasteiger partial charge in [0.25, 0.3) is 0 Å². The van der Waals surface area contributed by atoms with E-state index in [0.717, 1.165) is 11.1 Å². The lowest BCUT2D eigenvalue weighted by atomic mass is 9.77. The van der Waals surface area contributed by atoms with Gasteiger partial charge in [-0.05, 0) is 56.2 Å². The van der Waals surface area contributed by atoms with Gasteiger partial charge >= 0.3 is 5.97 Å². The molecule has 0 bridgehead atoms. The van der Waals surface area contributed by atoms with Crippen molar-refractivity contribution in [2.75, 3.05) is 46.2 Å². The first-order valence-electron chi connectivity index (χ1n) is 11.1. The molecule has 0 aliphatic carbocycles. The number of esters is 1. The number of aliphatic hydroxyl groups excluding tert-OH is 1. The van der Waals surface area contributed by atoms with Crippen LogP contribution in [0.3, 0.4) is 0 Å². The van der Waals surface area contributed by atoms with Crippen molar-refractivity contribution in [1.29, 1.82) is 0 Å². The summed E-state index contributed by atoms with van der Waals surface area (Å²) >= 11 is 0. The lowest BCUT2D eigenvalue weighted by molar-refractivity contribution is -0.140. The van der Waals surface area contributed by atoms with Crippen LogP contribution in [-0.2, 0) is 29.2 Å². The Morgan fingerprint density at radius 1 is 0.765 bits per heavy atom. The van der Waals surface area contributed by atoms with Gasteiger partial charge in [0, 0.05) is 0 Å². The zero-order chi connectivity index (χ0) is 25.0. The molecule has 0 aromatic heterocycles. The second kappa shape index (κ2) is 13.6. The van der Waals surface area contributed by atoms with Gasteiger partial charge in [-0.15, -0.1) is 0 Å². The molecule has 2 aromatic rings. The predicted molar refractivity (Wildman–Crippen MR) is 127 cm³/mol. The summed E-state index contributed by atoms with van der Waals surface area (Å²) in [6.07, 6.45) is 0. The molecule has 0 spiro atoms. The molecule has 0 aliphatic heterocycles. The smallest absolute Gasteiger partial charge is 0.337 e. The molecule has 186 valence electrons. The zero-order valence-corrected chi connectivity index (χ0v) is 20.0. The van der Waals surface area contributed by atoms with Crippen molar-refractivity contribution >= 4 is 5.97 Å². The molecule has 0 saturated heterocycles. The molecule has 34 heavy (non-hydrogen) atoms. The van der Waals surface area contributed by atoms with E-state index in [1.54, 1.807) is 62.4 Å². The van der Waals surface area contributed by atoms with Crippen molar-refractivity contribution in [1.82, 2.24) is 0 Å². The molecule has 8 nitrogen and oxygen atoms in total. The number of hydrogen-bond donors (Lipinski definition) is 3. The maximum absolute atomic E-state index is 12.7. The number of rotatable bonds is 14. The van der Waals surface area contributed by atoms with E-state index in [2.05, 4.69) is 0 Å². The number of aromatic hydroxyl groups is 2. The fourth-order valence-electron chi connectivity index (χ4n) is 3.20. The second-order valence-corrected chi connectivity index (χ2v) is 7.98. The van der Waals surface area contributed by atoms with Crippen molar-refractivity contribution in [2.24, 2.45) is 0 Å². The maximum Gasteiger partial charge on any atom is 0.337 e. The van der Waals surface area contributed by atoms with Gasteiger partial charge in [-0.25, -0.2) is 4.79 Å². The van der Waals surface area contributed by atoms with Crippen LogP contribution in [0.4, 0.5) is 0 Å². The summed E-state index contributed by atoms with van der Waals surface area (Å²) in [6, 6.07) is 13.5. The average molecular weight is 475 g/mol. The molecule has 2 aromatic carbocycles. The van der Waals surface area contributed by atoms with E-state index in [9.17, 15) is 15.0 Å². The molecular weight excluding hydrogens is 440 g/mol. The summed E-state index contributed by atoms with van der Waals surface area (Å²) in [5, 5.41) is 28.0. The van der Waals surface area contributed by atoms with E-state index in [1.165, 1.54) is 0 Å². The molecule has 0 aliphatic rings. The maximum atomic E-state index is 12.7. The molecule has 0 radical (unpaired) electrons. The molecule has 0 fully saturated rings. The summed E-state index contributed by atoms with van der Waals surface area (Å²) in [7, 11) is 0. The highest BCUT2D eigenvalue weighted by atomic mass is 16.6. The van der Waals surface area contributed by atoms with Crippen LogP contribution in [-0.4, -0.2) is 67.5 Å². The van der Waals surface area contributed by atoms with E-state index in [1.807, 2.05) is 6.92 Å². The van der Waals surface area contributed by atoms with Crippen LogP contribution in [0.2, 0.25) is 0 Å². The van der Waals surface area contributed by atoms with Gasteiger partial charge in [-0.2, -0.15) is 0 Å². The number of ether oxygens (including phenoxy) is 4. The van der Waals surface area contributed by atoms with Crippen molar-refractivity contribution in [3.8, 4) is 11.5 Å². The SMILES string of the molecule is CC(OCCOCCOCCO)=C(C)C(=O)OCC(C)(c1ccc(O)cc1)c1ccc(O)cc1. The van der Waals surface area contributed by atoms with Crippen molar-refractivity contribution in [3.63, 3.8) is 0 Å². The number of allylic oxidation sites excluding steroid dienone is 1. The van der Waals surface area contributed by atoms with Crippen molar-refractivity contribution < 1.29 is 39.1 Å². The Morgan fingerprint density at radius 2 is 1.24 bits per heavy atom. The molecule has 3 N–H and O–H groups in total. The summed E-state index contributed by atoms with van der Waals surface area (Å²) in [5.41, 5.74) is 1.33. The minimum Gasteiger partial charge on any atom is -0.508 e. The van der Waals surface area contributed by atoms with Crippen LogP contribution in [0.1, 0.15) is 31.9 Å². The quantitative estimate of drug-likeness (QED) is 0.165. The highest BCUT2D eigenvalue weighted by Gasteiger charge is 2.31. The van der Waals surface area contributed by atoms with Crippen LogP contribution in [0.25, 0.3) is 0 Å². The summed E-state index contributed by atoms with van der Waals surface area (Å²) in [5.74, 6) is 0.227. The minimum atomic E-state index is -0.710. The van der Waals surface area contributed by atoms with Crippen LogP contribution in [0.15, 0.2) is 59.9 Å². The third-order valence-electron chi connectivity index (χ3n) is 5.49. The third kappa shape index (κ3) is 8.06. The molecule has 8 heteroatoms. The van der Waals surface area contributed by atoms with Crippen LogP contribution < -0.4 is 0 Å². The van der Waals surface area contributed by atoms with E-state index in [-0.39, 0.29) is 37.9 Å². The highest BCUT2D eigenvalue weighted by molar-refractivity contribution is 5.88. The number of phenols is 2. The van der Waals surface area contributed by atoms with E-state index < -0.39 is 11.4 Å². The molecule has 0 heterocycles. The van der Waals surface area contributed by atoms with Gasteiger partial charge < -0.3 is 34.3 Å². The van der Waals surface area contributed by atoms with E-state index in [4.69, 9.17) is 24.1 Å². The summed E-state index contributed by atoms with van der Waals surface area (Å²) < 4.78 is 21.7. The topological polar surface area (TPSA) is 115 Å². The average Bonchev–Trinajstić information content (AvgIpc) is 2.84. The summed E-state index contributed by atoms with van der Waals surface area (Å²) in [4.78, 5) is 12.7. The standard InChI is InChI=1S/C26H34O8/c1-19(20(2)33-17-16-32-15-14-31-13-12-27)25(30)34-18-26(3,21-4-8-23(28)9-5-21)22-6-10-24(29)11-7-22/h4-11,27-29H,12-18H2,1-3H3.